The van der Waals surface area contributed by atoms with Crippen molar-refractivity contribution in [1.29, 1.82) is 0 Å². The molecule has 2 amide bonds. The molecule has 34 heavy (non-hydrogen) atoms. The molecule has 0 fully saturated rings. The van der Waals surface area contributed by atoms with Gasteiger partial charge in [0.2, 0.25) is 5.91 Å². The molecule has 1 aliphatic heterocycles. The maximum absolute atomic E-state index is 13.2. The van der Waals surface area contributed by atoms with Gasteiger partial charge in [0, 0.05) is 50.0 Å². The maximum Gasteiger partial charge on any atom is 0.586 e. The van der Waals surface area contributed by atoms with Gasteiger partial charge in [-0.05, 0) is 42.0 Å². The van der Waals surface area contributed by atoms with Crippen molar-refractivity contribution in [3.05, 3.63) is 77.6 Å². The molecule has 10 heteroatoms. The molecule has 0 saturated carbocycles. The molecule has 0 saturated heterocycles. The molecule has 0 unspecified atom stereocenters. The van der Waals surface area contributed by atoms with Gasteiger partial charge in [-0.2, -0.15) is 0 Å². The van der Waals surface area contributed by atoms with Gasteiger partial charge in [0.25, 0.3) is 5.91 Å². The van der Waals surface area contributed by atoms with Crippen LogP contribution in [0.15, 0.2) is 60.8 Å². The SMILES string of the molecule is CN(C)C(=O)Cc1cc(CNc2ccccc2C(=O)Nc2ccc3c(c2)OC(F)(F)O3)ccn1. The van der Waals surface area contributed by atoms with E-state index < -0.39 is 12.2 Å². The average Bonchev–Trinajstić information content (AvgIpc) is 3.11. The van der Waals surface area contributed by atoms with Gasteiger partial charge in [-0.1, -0.05) is 12.1 Å². The molecule has 0 radical (unpaired) electrons. The Labute approximate surface area is 194 Å². The van der Waals surface area contributed by atoms with Gasteiger partial charge in [0.1, 0.15) is 0 Å². The third-order valence-corrected chi connectivity index (χ3v) is 5.03. The van der Waals surface area contributed by atoms with Crippen molar-refractivity contribution in [2.75, 3.05) is 24.7 Å². The molecule has 1 aliphatic rings. The second-order valence-electron chi connectivity index (χ2n) is 7.80. The lowest BCUT2D eigenvalue weighted by Gasteiger charge is -2.13. The Balaban J connectivity index is 1.44. The standard InChI is InChI=1S/C24H22F2N4O4/c1-30(2)22(31)13-17-11-15(9-10-27-17)14-28-19-6-4-3-5-18(19)23(32)29-16-7-8-20-21(12-16)34-24(25,26)33-20/h3-12,28H,13-14H2,1-2H3,(H,29,32). The second kappa shape index (κ2) is 9.34. The van der Waals surface area contributed by atoms with Gasteiger partial charge in [-0.25, -0.2) is 0 Å². The van der Waals surface area contributed by atoms with Crippen molar-refractivity contribution >= 4 is 23.2 Å². The number of benzene rings is 2. The maximum atomic E-state index is 13.2. The zero-order chi connectivity index (χ0) is 24.3. The first-order chi connectivity index (χ1) is 16.2. The quantitative estimate of drug-likeness (QED) is 0.547. The molecule has 2 heterocycles. The smallest absolute Gasteiger partial charge is 0.395 e. The number of halogens is 2. The molecule has 0 bridgehead atoms. The number of amides is 2. The molecule has 1 aromatic heterocycles. The number of likely N-dealkylation sites (N-methyl/N-ethyl adjacent to an activating group) is 1. The summed E-state index contributed by atoms with van der Waals surface area (Å²) >= 11 is 0. The Morgan fingerprint density at radius 1 is 1.03 bits per heavy atom. The molecule has 8 nitrogen and oxygen atoms in total. The predicted molar refractivity (Wildman–Crippen MR) is 121 cm³/mol. The van der Waals surface area contributed by atoms with E-state index in [9.17, 15) is 18.4 Å². The number of alkyl halides is 2. The van der Waals surface area contributed by atoms with Gasteiger partial charge in [0.05, 0.1) is 12.0 Å². The average molecular weight is 468 g/mol. The van der Waals surface area contributed by atoms with Crippen molar-refractivity contribution in [1.82, 2.24) is 9.88 Å². The number of para-hydroxylation sites is 1. The highest BCUT2D eigenvalue weighted by Crippen LogP contribution is 2.42. The molecule has 0 atom stereocenters. The van der Waals surface area contributed by atoms with E-state index in [0.717, 1.165) is 5.56 Å². The Morgan fingerprint density at radius 3 is 2.59 bits per heavy atom. The minimum atomic E-state index is -3.73. The van der Waals surface area contributed by atoms with E-state index in [-0.39, 0.29) is 29.5 Å². The van der Waals surface area contributed by atoms with Crippen molar-refractivity contribution in [3.63, 3.8) is 0 Å². The van der Waals surface area contributed by atoms with Gasteiger partial charge in [-0.15, -0.1) is 8.78 Å². The Bertz CT molecular complexity index is 1230. The van der Waals surface area contributed by atoms with Crippen LogP contribution >= 0.6 is 0 Å². The van der Waals surface area contributed by atoms with Gasteiger partial charge in [0.15, 0.2) is 11.5 Å². The highest BCUT2D eigenvalue weighted by Gasteiger charge is 2.43. The monoisotopic (exact) mass is 468 g/mol. The fourth-order valence-corrected chi connectivity index (χ4v) is 3.31. The fraction of sp³-hybridized carbons (Fsp3) is 0.208. The van der Waals surface area contributed by atoms with Crippen LogP contribution in [0.25, 0.3) is 0 Å². The third kappa shape index (κ3) is 5.40. The van der Waals surface area contributed by atoms with Gasteiger partial charge >= 0.3 is 6.29 Å². The summed E-state index contributed by atoms with van der Waals surface area (Å²) in [6.45, 7) is 0.398. The second-order valence-corrected chi connectivity index (χ2v) is 7.80. The van der Waals surface area contributed by atoms with Crippen LogP contribution in [0.2, 0.25) is 0 Å². The van der Waals surface area contributed by atoms with Crippen LogP contribution in [0.4, 0.5) is 20.2 Å². The Kier molecular flexibility index (Phi) is 6.31. The van der Waals surface area contributed by atoms with E-state index in [1.54, 1.807) is 44.6 Å². The van der Waals surface area contributed by atoms with Crippen LogP contribution in [0.1, 0.15) is 21.6 Å². The number of carbonyl (C=O) groups excluding carboxylic acids is 2. The Morgan fingerprint density at radius 2 is 1.79 bits per heavy atom. The number of anilines is 2. The van der Waals surface area contributed by atoms with E-state index >= 15 is 0 Å². The number of hydrogen-bond donors (Lipinski definition) is 2. The fourth-order valence-electron chi connectivity index (χ4n) is 3.31. The lowest BCUT2D eigenvalue weighted by Crippen LogP contribution is -2.25. The summed E-state index contributed by atoms with van der Waals surface area (Å²) in [7, 11) is 3.38. The predicted octanol–water partition coefficient (Wildman–Crippen LogP) is 3.90. The number of nitrogens with one attached hydrogen (secondary N) is 2. The molecule has 0 spiro atoms. The first kappa shape index (κ1) is 23.0. The first-order valence-corrected chi connectivity index (χ1v) is 10.4. The number of nitrogens with zero attached hydrogens (tertiary/aromatic N) is 2. The number of ether oxygens (including phenoxy) is 2. The molecular weight excluding hydrogens is 446 g/mol. The van der Waals surface area contributed by atoms with Gasteiger partial charge < -0.3 is 25.0 Å². The first-order valence-electron chi connectivity index (χ1n) is 10.4. The number of fused-ring (bicyclic) bond motifs is 1. The summed E-state index contributed by atoms with van der Waals surface area (Å²) in [6.07, 6.45) is -1.90. The number of hydrogen-bond acceptors (Lipinski definition) is 6. The highest BCUT2D eigenvalue weighted by atomic mass is 19.3. The third-order valence-electron chi connectivity index (χ3n) is 5.03. The summed E-state index contributed by atoms with van der Waals surface area (Å²) in [5, 5.41) is 5.91. The molecule has 176 valence electrons. The van der Waals surface area contributed by atoms with E-state index in [0.29, 0.717) is 23.5 Å². The van der Waals surface area contributed by atoms with E-state index in [1.165, 1.54) is 23.1 Å². The van der Waals surface area contributed by atoms with Crippen molar-refractivity contribution in [3.8, 4) is 11.5 Å². The minimum Gasteiger partial charge on any atom is -0.395 e. The molecule has 3 aromatic rings. The number of carbonyl (C=O) groups is 2. The van der Waals surface area contributed by atoms with Crippen LogP contribution in [0.5, 0.6) is 11.5 Å². The topological polar surface area (TPSA) is 92.8 Å². The molecule has 2 aromatic carbocycles. The minimum absolute atomic E-state index is 0.0492. The zero-order valence-electron chi connectivity index (χ0n) is 18.5. The Hall–Kier alpha value is -4.21. The van der Waals surface area contributed by atoms with E-state index in [1.807, 2.05) is 12.1 Å². The summed E-state index contributed by atoms with van der Waals surface area (Å²) in [6, 6.07) is 14.6. The van der Waals surface area contributed by atoms with E-state index in [2.05, 4.69) is 25.1 Å². The summed E-state index contributed by atoms with van der Waals surface area (Å²) < 4.78 is 35.3. The van der Waals surface area contributed by atoms with Crippen LogP contribution in [-0.2, 0) is 17.8 Å². The highest BCUT2D eigenvalue weighted by molar-refractivity contribution is 6.08. The van der Waals surface area contributed by atoms with Crippen molar-refractivity contribution in [2.24, 2.45) is 0 Å². The largest absolute Gasteiger partial charge is 0.586 e. The molecule has 2 N–H and O–H groups in total. The lowest BCUT2D eigenvalue weighted by molar-refractivity contribution is -0.286. The molecule has 0 aliphatic carbocycles. The van der Waals surface area contributed by atoms with Crippen LogP contribution in [0, 0.1) is 0 Å². The van der Waals surface area contributed by atoms with Gasteiger partial charge in [-0.3, -0.25) is 14.6 Å². The molecular formula is C24H22F2N4O4. The normalized spacial score (nSPS) is 13.3. The summed E-state index contributed by atoms with van der Waals surface area (Å²) in [5.74, 6) is -0.739. The number of aromatic nitrogens is 1. The number of rotatable bonds is 7. The van der Waals surface area contributed by atoms with Crippen molar-refractivity contribution < 1.29 is 27.8 Å². The van der Waals surface area contributed by atoms with E-state index in [4.69, 9.17) is 0 Å². The van der Waals surface area contributed by atoms with Crippen LogP contribution < -0.4 is 20.1 Å². The lowest BCUT2D eigenvalue weighted by atomic mass is 10.1. The zero-order valence-corrected chi connectivity index (χ0v) is 18.5. The van der Waals surface area contributed by atoms with Crippen LogP contribution in [-0.4, -0.2) is 42.1 Å². The summed E-state index contributed by atoms with van der Waals surface area (Å²) in [4.78, 5) is 30.6. The summed E-state index contributed by atoms with van der Waals surface area (Å²) in [5.41, 5.74) is 2.77. The molecule has 4 rings (SSSR count). The van der Waals surface area contributed by atoms with Crippen LogP contribution in [0.3, 0.4) is 0 Å². The van der Waals surface area contributed by atoms with Crippen molar-refractivity contribution in [2.45, 2.75) is 19.3 Å². The number of pyridine rings is 1.